The molecule has 110 valence electrons. The average molecular weight is 294 g/mol. The molecule has 2 aliphatic heterocycles. The van der Waals surface area contributed by atoms with Crippen molar-refractivity contribution in [2.75, 3.05) is 0 Å². The number of benzene rings is 1. The van der Waals surface area contributed by atoms with Gasteiger partial charge in [0.15, 0.2) is 0 Å². The summed E-state index contributed by atoms with van der Waals surface area (Å²) in [5, 5.41) is 2.27. The standard InChI is InChI=1S/C17H14N2O3/c1-3-10-5-6-11-12(9-10)13(4-2)19(17(11)22)14-7-8-15(20)18-16(14)21/h3,5-6,9,14H,1-2,7-8H2,(H,18,20,21). The van der Waals surface area contributed by atoms with Gasteiger partial charge in [0.2, 0.25) is 11.8 Å². The molecule has 3 rings (SSSR count). The summed E-state index contributed by atoms with van der Waals surface area (Å²) in [5.41, 5.74) is 5.27. The number of carbonyl (C=O) groups is 3. The molecule has 0 bridgehead atoms. The van der Waals surface area contributed by atoms with Gasteiger partial charge in [0, 0.05) is 17.5 Å². The molecule has 5 heteroatoms. The van der Waals surface area contributed by atoms with Gasteiger partial charge in [-0.15, -0.1) is 5.73 Å². The lowest BCUT2D eigenvalue weighted by molar-refractivity contribution is -0.136. The van der Waals surface area contributed by atoms with Crippen LogP contribution in [-0.2, 0) is 9.59 Å². The smallest absolute Gasteiger partial charge is 0.260 e. The van der Waals surface area contributed by atoms with Crippen LogP contribution in [0.15, 0.2) is 37.1 Å². The van der Waals surface area contributed by atoms with E-state index in [9.17, 15) is 14.4 Å². The first-order valence-corrected chi connectivity index (χ1v) is 6.91. The second-order valence-electron chi connectivity index (χ2n) is 5.18. The number of nitrogens with zero attached hydrogens (tertiary/aromatic N) is 1. The predicted octanol–water partition coefficient (Wildman–Crippen LogP) is 1.72. The Morgan fingerprint density at radius 3 is 2.68 bits per heavy atom. The molecule has 0 aliphatic carbocycles. The number of hydrogen-bond donors (Lipinski definition) is 1. The van der Waals surface area contributed by atoms with Gasteiger partial charge in [-0.25, -0.2) is 0 Å². The summed E-state index contributed by atoms with van der Waals surface area (Å²) in [6.45, 7) is 7.35. The van der Waals surface area contributed by atoms with Gasteiger partial charge in [0.1, 0.15) is 6.04 Å². The first kappa shape index (κ1) is 14.0. The summed E-state index contributed by atoms with van der Waals surface area (Å²) in [7, 11) is 0. The molecule has 1 aromatic rings. The maximum atomic E-state index is 12.6. The molecule has 22 heavy (non-hydrogen) atoms. The quantitative estimate of drug-likeness (QED) is 0.667. The zero-order valence-corrected chi connectivity index (χ0v) is 11.9. The number of imide groups is 1. The van der Waals surface area contributed by atoms with E-state index in [1.54, 1.807) is 18.2 Å². The van der Waals surface area contributed by atoms with Crippen molar-refractivity contribution in [2.24, 2.45) is 0 Å². The van der Waals surface area contributed by atoms with Crippen LogP contribution in [-0.4, -0.2) is 28.7 Å². The van der Waals surface area contributed by atoms with Gasteiger partial charge in [-0.05, 0) is 24.1 Å². The predicted molar refractivity (Wildman–Crippen MR) is 81.4 cm³/mol. The highest BCUT2D eigenvalue weighted by atomic mass is 16.2. The molecular weight excluding hydrogens is 280 g/mol. The molecule has 2 aliphatic rings. The van der Waals surface area contributed by atoms with Crippen molar-refractivity contribution >= 4 is 29.5 Å². The maximum Gasteiger partial charge on any atom is 0.260 e. The zero-order valence-electron chi connectivity index (χ0n) is 11.9. The Morgan fingerprint density at radius 2 is 2.05 bits per heavy atom. The van der Waals surface area contributed by atoms with Gasteiger partial charge in [0.25, 0.3) is 5.91 Å². The summed E-state index contributed by atoms with van der Waals surface area (Å²) in [5.74, 6) is -1.05. The van der Waals surface area contributed by atoms with E-state index in [0.29, 0.717) is 23.2 Å². The fourth-order valence-corrected chi connectivity index (χ4v) is 2.84. The molecule has 5 nitrogen and oxygen atoms in total. The normalized spacial score (nSPS) is 20.5. The lowest BCUT2D eigenvalue weighted by Gasteiger charge is -2.29. The van der Waals surface area contributed by atoms with E-state index in [2.05, 4.69) is 24.2 Å². The third-order valence-corrected chi connectivity index (χ3v) is 3.91. The van der Waals surface area contributed by atoms with Crippen molar-refractivity contribution in [3.8, 4) is 0 Å². The van der Waals surface area contributed by atoms with Gasteiger partial charge in [0.05, 0.1) is 5.70 Å². The minimum atomic E-state index is -0.714. The average Bonchev–Trinajstić information content (AvgIpc) is 2.79. The highest BCUT2D eigenvalue weighted by Crippen LogP contribution is 2.36. The molecule has 0 radical (unpaired) electrons. The number of fused-ring (bicyclic) bond motifs is 1. The fraction of sp³-hybridized carbons (Fsp3) is 0.176. The van der Waals surface area contributed by atoms with Gasteiger partial charge in [-0.3, -0.25) is 24.6 Å². The van der Waals surface area contributed by atoms with Crippen molar-refractivity contribution in [1.29, 1.82) is 0 Å². The van der Waals surface area contributed by atoms with Crippen molar-refractivity contribution in [2.45, 2.75) is 18.9 Å². The molecule has 0 saturated carbocycles. The molecule has 1 fully saturated rings. The van der Waals surface area contributed by atoms with Crippen LogP contribution in [0.4, 0.5) is 0 Å². The lowest BCUT2D eigenvalue weighted by atomic mass is 10.0. The molecule has 1 aromatic carbocycles. The Kier molecular flexibility index (Phi) is 3.28. The van der Waals surface area contributed by atoms with Crippen LogP contribution in [0, 0.1) is 0 Å². The van der Waals surface area contributed by atoms with Crippen molar-refractivity contribution in [3.63, 3.8) is 0 Å². The molecule has 1 N–H and O–H groups in total. The van der Waals surface area contributed by atoms with Gasteiger partial charge < -0.3 is 0 Å². The molecule has 0 aromatic heterocycles. The number of rotatable bonds is 2. The van der Waals surface area contributed by atoms with Crippen molar-refractivity contribution < 1.29 is 14.4 Å². The number of carbonyl (C=O) groups excluding carboxylic acids is 3. The first-order chi connectivity index (χ1) is 10.6. The third kappa shape index (κ3) is 2.00. The summed E-state index contributed by atoms with van der Waals surface area (Å²) < 4.78 is 0. The van der Waals surface area contributed by atoms with Gasteiger partial charge in [-0.1, -0.05) is 25.3 Å². The molecule has 1 saturated heterocycles. The number of amides is 3. The lowest BCUT2D eigenvalue weighted by Crippen LogP contribution is -2.52. The van der Waals surface area contributed by atoms with Crippen LogP contribution in [0.2, 0.25) is 0 Å². The fourth-order valence-electron chi connectivity index (χ4n) is 2.84. The van der Waals surface area contributed by atoms with Crippen LogP contribution < -0.4 is 5.32 Å². The second-order valence-corrected chi connectivity index (χ2v) is 5.18. The molecule has 0 spiro atoms. The van der Waals surface area contributed by atoms with Crippen LogP contribution in [0.3, 0.4) is 0 Å². The van der Waals surface area contributed by atoms with Gasteiger partial charge in [-0.2, -0.15) is 0 Å². The largest absolute Gasteiger partial charge is 0.295 e. The van der Waals surface area contributed by atoms with E-state index < -0.39 is 11.9 Å². The molecular formula is C17H14N2O3. The van der Waals surface area contributed by atoms with E-state index in [1.807, 2.05) is 6.07 Å². The Balaban J connectivity index is 2.06. The minimum Gasteiger partial charge on any atom is -0.295 e. The second kappa shape index (κ2) is 5.13. The Morgan fingerprint density at radius 1 is 1.27 bits per heavy atom. The highest BCUT2D eigenvalue weighted by Gasteiger charge is 2.42. The number of nitrogens with one attached hydrogen (secondary N) is 1. The Bertz CT molecular complexity index is 772. The maximum absolute atomic E-state index is 12.6. The van der Waals surface area contributed by atoms with Crippen LogP contribution in [0.1, 0.15) is 34.3 Å². The summed E-state index contributed by atoms with van der Waals surface area (Å²) in [4.78, 5) is 37.4. The van der Waals surface area contributed by atoms with Gasteiger partial charge >= 0.3 is 0 Å². The van der Waals surface area contributed by atoms with E-state index >= 15 is 0 Å². The van der Waals surface area contributed by atoms with E-state index in [-0.39, 0.29) is 18.2 Å². The summed E-state index contributed by atoms with van der Waals surface area (Å²) in [6, 6.07) is 4.60. The molecule has 2 heterocycles. The summed E-state index contributed by atoms with van der Waals surface area (Å²) >= 11 is 0. The number of hydrogen-bond acceptors (Lipinski definition) is 3. The molecule has 1 atom stereocenters. The van der Waals surface area contributed by atoms with Crippen molar-refractivity contribution in [3.05, 3.63) is 53.8 Å². The highest BCUT2D eigenvalue weighted by molar-refractivity contribution is 6.12. The van der Waals surface area contributed by atoms with Crippen LogP contribution >= 0.6 is 0 Å². The minimum absolute atomic E-state index is 0.207. The monoisotopic (exact) mass is 294 g/mol. The van der Waals surface area contributed by atoms with E-state index in [4.69, 9.17) is 0 Å². The topological polar surface area (TPSA) is 66.5 Å². The van der Waals surface area contributed by atoms with Crippen molar-refractivity contribution in [1.82, 2.24) is 10.2 Å². The summed E-state index contributed by atoms with van der Waals surface area (Å²) in [6.07, 6.45) is 2.18. The molecule has 3 amide bonds. The zero-order chi connectivity index (χ0) is 15.9. The van der Waals surface area contributed by atoms with Crippen LogP contribution in [0.25, 0.3) is 11.8 Å². The first-order valence-electron chi connectivity index (χ1n) is 6.91. The third-order valence-electron chi connectivity index (χ3n) is 3.91. The molecule has 1 unspecified atom stereocenters. The van der Waals surface area contributed by atoms with E-state index in [1.165, 1.54) is 4.90 Å². The van der Waals surface area contributed by atoms with E-state index in [0.717, 1.165) is 5.56 Å². The Hall–Kier alpha value is -2.91. The number of piperidine rings is 1. The Labute approximate surface area is 127 Å². The van der Waals surface area contributed by atoms with Crippen LogP contribution in [0.5, 0.6) is 0 Å². The SMILES string of the molecule is C=C=C1c2cc(C=C)ccc2C(=O)N1C1CCC(=O)NC1=O.